The number of anilines is 1. The van der Waals surface area contributed by atoms with Crippen molar-refractivity contribution in [2.45, 2.75) is 26.4 Å². The number of hydrogen-bond acceptors (Lipinski definition) is 6. The molecule has 164 valence electrons. The summed E-state index contributed by atoms with van der Waals surface area (Å²) in [5.41, 5.74) is 8.35. The first-order valence-electron chi connectivity index (χ1n) is 10.4. The number of aromatic nitrogens is 3. The van der Waals surface area contributed by atoms with Crippen LogP contribution in [0.2, 0.25) is 0 Å². The molecule has 0 saturated carbocycles. The van der Waals surface area contributed by atoms with Gasteiger partial charge in [-0.3, -0.25) is 4.79 Å². The lowest BCUT2D eigenvalue weighted by Gasteiger charge is -2.25. The fourth-order valence-corrected chi connectivity index (χ4v) is 3.50. The molecule has 4 rings (SSSR count). The Labute approximate surface area is 185 Å². The van der Waals surface area contributed by atoms with Gasteiger partial charge in [-0.25, -0.2) is 19.7 Å². The SMILES string of the molecule is CCC(O)CN(C(C)=O)n1cc(-c2ccc(Oc3ccccc3)cc2)c2c(N)ncnc21. The van der Waals surface area contributed by atoms with Crippen molar-refractivity contribution in [3.05, 3.63) is 67.1 Å². The second-order valence-corrected chi connectivity index (χ2v) is 7.45. The van der Waals surface area contributed by atoms with E-state index in [1.54, 1.807) is 10.9 Å². The van der Waals surface area contributed by atoms with Crippen LogP contribution in [-0.2, 0) is 4.79 Å². The van der Waals surface area contributed by atoms with Crippen molar-refractivity contribution < 1.29 is 14.6 Å². The number of aliphatic hydroxyl groups excluding tert-OH is 1. The van der Waals surface area contributed by atoms with E-state index in [0.717, 1.165) is 16.9 Å². The molecular formula is C24H25N5O3. The standard InChI is InChI=1S/C24H25N5O3/c1-3-18(31)13-28(16(2)30)29-14-21(22-23(25)26-15-27-24(22)29)17-9-11-20(12-10-17)32-19-7-5-4-6-8-19/h4-12,14-15,18,31H,3,13H2,1-2H3,(H2,25,26,27). The van der Waals surface area contributed by atoms with Crippen molar-refractivity contribution in [1.29, 1.82) is 0 Å². The number of ether oxygens (including phenoxy) is 1. The summed E-state index contributed by atoms with van der Waals surface area (Å²) in [7, 11) is 0. The summed E-state index contributed by atoms with van der Waals surface area (Å²) in [5.74, 6) is 1.54. The molecule has 0 radical (unpaired) electrons. The number of rotatable bonds is 7. The maximum absolute atomic E-state index is 12.4. The lowest BCUT2D eigenvalue weighted by molar-refractivity contribution is -0.118. The topological polar surface area (TPSA) is 106 Å². The average molecular weight is 431 g/mol. The quantitative estimate of drug-likeness (QED) is 0.462. The van der Waals surface area contributed by atoms with Crippen LogP contribution in [0.1, 0.15) is 20.3 Å². The highest BCUT2D eigenvalue weighted by Crippen LogP contribution is 2.34. The molecule has 2 aromatic heterocycles. The normalized spacial score (nSPS) is 12.0. The molecule has 0 aliphatic heterocycles. The molecule has 8 nitrogen and oxygen atoms in total. The van der Waals surface area contributed by atoms with Crippen LogP contribution < -0.4 is 15.5 Å². The van der Waals surface area contributed by atoms with Gasteiger partial charge in [-0.15, -0.1) is 0 Å². The van der Waals surface area contributed by atoms with E-state index in [-0.39, 0.29) is 12.5 Å². The van der Waals surface area contributed by atoms with Crippen LogP contribution in [0.15, 0.2) is 67.1 Å². The largest absolute Gasteiger partial charge is 0.457 e. The van der Waals surface area contributed by atoms with E-state index in [0.29, 0.717) is 29.0 Å². The van der Waals surface area contributed by atoms with Crippen LogP contribution in [-0.4, -0.2) is 38.3 Å². The van der Waals surface area contributed by atoms with Crippen molar-refractivity contribution in [3.63, 3.8) is 0 Å². The van der Waals surface area contributed by atoms with Crippen LogP contribution in [0.5, 0.6) is 11.5 Å². The van der Waals surface area contributed by atoms with Crippen molar-refractivity contribution in [2.75, 3.05) is 17.3 Å². The Morgan fingerprint density at radius 2 is 1.81 bits per heavy atom. The highest BCUT2D eigenvalue weighted by atomic mass is 16.5. The summed E-state index contributed by atoms with van der Waals surface area (Å²) in [6.45, 7) is 3.46. The second kappa shape index (κ2) is 9.07. The Morgan fingerprint density at radius 3 is 2.47 bits per heavy atom. The summed E-state index contributed by atoms with van der Waals surface area (Å²) in [6, 6.07) is 17.1. The predicted molar refractivity (Wildman–Crippen MR) is 124 cm³/mol. The van der Waals surface area contributed by atoms with Gasteiger partial charge in [0.25, 0.3) is 0 Å². The van der Waals surface area contributed by atoms with Crippen molar-refractivity contribution in [1.82, 2.24) is 14.6 Å². The Balaban J connectivity index is 1.75. The van der Waals surface area contributed by atoms with E-state index in [9.17, 15) is 9.90 Å². The minimum atomic E-state index is -0.659. The highest BCUT2D eigenvalue weighted by molar-refractivity contribution is 6.01. The number of carbonyl (C=O) groups is 1. The first kappa shape index (κ1) is 21.3. The average Bonchev–Trinajstić information content (AvgIpc) is 3.19. The zero-order valence-corrected chi connectivity index (χ0v) is 18.0. The van der Waals surface area contributed by atoms with Crippen molar-refractivity contribution >= 4 is 22.8 Å². The number of aliphatic hydroxyl groups is 1. The molecular weight excluding hydrogens is 406 g/mol. The molecule has 8 heteroatoms. The zero-order valence-electron chi connectivity index (χ0n) is 18.0. The smallest absolute Gasteiger partial charge is 0.238 e. The monoisotopic (exact) mass is 431 g/mol. The molecule has 0 aliphatic carbocycles. The molecule has 2 aromatic carbocycles. The third kappa shape index (κ3) is 4.26. The Bertz CT molecular complexity index is 1220. The molecule has 1 unspecified atom stereocenters. The zero-order chi connectivity index (χ0) is 22.7. The molecule has 4 aromatic rings. The van der Waals surface area contributed by atoms with Gasteiger partial charge in [0.1, 0.15) is 23.6 Å². The first-order chi connectivity index (χ1) is 15.5. The Hall–Kier alpha value is -3.91. The lowest BCUT2D eigenvalue weighted by atomic mass is 10.1. The fraction of sp³-hybridized carbons (Fsp3) is 0.208. The predicted octanol–water partition coefficient (Wildman–Crippen LogP) is 3.73. The number of carbonyl (C=O) groups excluding carboxylic acids is 1. The number of hydrogen-bond donors (Lipinski definition) is 2. The van der Waals surface area contributed by atoms with Crippen LogP contribution in [0.3, 0.4) is 0 Å². The summed E-state index contributed by atoms with van der Waals surface area (Å²) < 4.78 is 7.51. The van der Waals surface area contributed by atoms with Crippen molar-refractivity contribution in [2.24, 2.45) is 0 Å². The van der Waals surface area contributed by atoms with E-state index in [2.05, 4.69) is 9.97 Å². The minimum Gasteiger partial charge on any atom is -0.457 e. The highest BCUT2D eigenvalue weighted by Gasteiger charge is 2.22. The van der Waals surface area contributed by atoms with E-state index < -0.39 is 6.10 Å². The molecule has 1 amide bonds. The maximum atomic E-state index is 12.4. The Kier molecular flexibility index (Phi) is 6.04. The van der Waals surface area contributed by atoms with Gasteiger partial charge < -0.3 is 15.6 Å². The fourth-order valence-electron chi connectivity index (χ4n) is 3.50. The summed E-state index contributed by atoms with van der Waals surface area (Å²) in [5, 5.41) is 12.3. The van der Waals surface area contributed by atoms with Gasteiger partial charge in [0.15, 0.2) is 5.65 Å². The first-order valence-corrected chi connectivity index (χ1v) is 10.4. The summed E-state index contributed by atoms with van der Waals surface area (Å²) >= 11 is 0. The van der Waals surface area contributed by atoms with E-state index in [1.807, 2.05) is 61.5 Å². The molecule has 2 heterocycles. The number of amides is 1. The van der Waals surface area contributed by atoms with Gasteiger partial charge in [-0.2, -0.15) is 0 Å². The van der Waals surface area contributed by atoms with E-state index >= 15 is 0 Å². The van der Waals surface area contributed by atoms with Gasteiger partial charge in [-0.1, -0.05) is 37.3 Å². The lowest BCUT2D eigenvalue weighted by Crippen LogP contribution is -2.43. The van der Waals surface area contributed by atoms with Crippen LogP contribution in [0.4, 0.5) is 5.82 Å². The van der Waals surface area contributed by atoms with Gasteiger partial charge in [0.05, 0.1) is 18.0 Å². The number of para-hydroxylation sites is 1. The second-order valence-electron chi connectivity index (χ2n) is 7.45. The maximum Gasteiger partial charge on any atom is 0.238 e. The summed E-state index contributed by atoms with van der Waals surface area (Å²) in [4.78, 5) is 20.9. The van der Waals surface area contributed by atoms with Gasteiger partial charge >= 0.3 is 0 Å². The number of nitrogen functional groups attached to an aromatic ring is 1. The molecule has 0 fully saturated rings. The minimum absolute atomic E-state index is 0.142. The molecule has 0 aliphatic rings. The van der Waals surface area contributed by atoms with Crippen molar-refractivity contribution in [3.8, 4) is 22.6 Å². The number of nitrogens with zero attached hydrogens (tertiary/aromatic N) is 4. The Morgan fingerprint density at radius 1 is 1.12 bits per heavy atom. The van der Waals surface area contributed by atoms with Gasteiger partial charge in [0, 0.05) is 18.7 Å². The molecule has 0 bridgehead atoms. The molecule has 0 saturated heterocycles. The van der Waals surface area contributed by atoms with Crippen LogP contribution in [0.25, 0.3) is 22.2 Å². The van der Waals surface area contributed by atoms with Gasteiger partial charge in [0.2, 0.25) is 5.91 Å². The third-order valence-electron chi connectivity index (χ3n) is 5.22. The number of nitrogens with two attached hydrogens (primary N) is 1. The van der Waals surface area contributed by atoms with E-state index in [1.165, 1.54) is 18.3 Å². The number of fused-ring (bicyclic) bond motifs is 1. The third-order valence-corrected chi connectivity index (χ3v) is 5.22. The molecule has 0 spiro atoms. The molecule has 32 heavy (non-hydrogen) atoms. The molecule has 3 N–H and O–H groups in total. The summed E-state index contributed by atoms with van der Waals surface area (Å²) in [6.07, 6.45) is 3.03. The van der Waals surface area contributed by atoms with E-state index in [4.69, 9.17) is 10.5 Å². The van der Waals surface area contributed by atoms with Crippen LogP contribution in [0, 0.1) is 0 Å². The van der Waals surface area contributed by atoms with Crippen LogP contribution >= 0.6 is 0 Å². The van der Waals surface area contributed by atoms with Gasteiger partial charge in [-0.05, 0) is 36.2 Å². The molecule has 1 atom stereocenters. The number of benzene rings is 2.